The van der Waals surface area contributed by atoms with Crippen molar-refractivity contribution in [3.05, 3.63) is 0 Å². The quantitative estimate of drug-likeness (QED) is 0.504. The third-order valence-corrected chi connectivity index (χ3v) is 1.95. The van der Waals surface area contributed by atoms with Gasteiger partial charge in [0.15, 0.2) is 0 Å². The molecule has 1 N–H and O–H groups in total. The molecule has 0 aliphatic carbocycles. The zero-order chi connectivity index (χ0) is 10.6. The number of Topliss-reactive ketones (excluding diaryl/α,β-unsaturated/α-hetero) is 1. The molecule has 13 heavy (non-hydrogen) atoms. The average molecular weight is 205 g/mol. The number of hydrogen-bond donors (Lipinski definition) is 2. The molecule has 0 radical (unpaired) electrons. The van der Waals surface area contributed by atoms with Gasteiger partial charge in [0, 0.05) is 0 Å². The molecule has 0 saturated carbocycles. The van der Waals surface area contributed by atoms with Crippen molar-refractivity contribution in [2.24, 2.45) is 0 Å². The fourth-order valence-electron chi connectivity index (χ4n) is 0.615. The van der Waals surface area contributed by atoms with Crippen molar-refractivity contribution in [3.8, 4) is 0 Å². The van der Waals surface area contributed by atoms with Crippen molar-refractivity contribution < 1.29 is 19.5 Å². The van der Waals surface area contributed by atoms with Crippen molar-refractivity contribution in [2.45, 2.75) is 26.3 Å². The Labute approximate surface area is 81.3 Å². The monoisotopic (exact) mass is 205 g/mol. The number of amides is 1. The summed E-state index contributed by atoms with van der Waals surface area (Å²) >= 11 is 3.68. The SMILES string of the molecule is CC(=O)CC(=O)N(S)C(C)C(=O)O. The standard InChI is InChI=1S/C7H11NO4S/c1-4(9)3-6(10)8(13)5(2)7(11)12/h5,13H,3H2,1-2H3,(H,11,12). The average Bonchev–Trinajstić information content (AvgIpc) is 2.00. The first kappa shape index (κ1) is 12.0. The molecule has 0 fully saturated rings. The van der Waals surface area contributed by atoms with Gasteiger partial charge in [-0.15, -0.1) is 0 Å². The number of carboxylic acid groups (broad SMARTS) is 1. The Hall–Kier alpha value is -1.04. The highest BCUT2D eigenvalue weighted by molar-refractivity contribution is 7.78. The maximum absolute atomic E-state index is 11.1. The van der Waals surface area contributed by atoms with E-state index in [1.807, 2.05) is 0 Å². The maximum Gasteiger partial charge on any atom is 0.327 e. The lowest BCUT2D eigenvalue weighted by Crippen LogP contribution is -2.37. The van der Waals surface area contributed by atoms with Gasteiger partial charge in [0.1, 0.15) is 11.8 Å². The largest absolute Gasteiger partial charge is 0.480 e. The van der Waals surface area contributed by atoms with Crippen molar-refractivity contribution >= 4 is 30.5 Å². The molecule has 0 aromatic rings. The van der Waals surface area contributed by atoms with Crippen LogP contribution in [-0.4, -0.2) is 33.1 Å². The van der Waals surface area contributed by atoms with Crippen LogP contribution in [0.2, 0.25) is 0 Å². The van der Waals surface area contributed by atoms with E-state index in [4.69, 9.17) is 5.11 Å². The fraction of sp³-hybridized carbons (Fsp3) is 0.571. The lowest BCUT2D eigenvalue weighted by Gasteiger charge is -2.18. The number of rotatable bonds is 4. The van der Waals surface area contributed by atoms with Crippen LogP contribution in [0.15, 0.2) is 0 Å². The molecule has 0 rings (SSSR count). The fourth-order valence-corrected chi connectivity index (χ4v) is 0.784. The van der Waals surface area contributed by atoms with E-state index in [1.165, 1.54) is 13.8 Å². The summed E-state index contributed by atoms with van der Waals surface area (Å²) in [6.07, 6.45) is -0.318. The van der Waals surface area contributed by atoms with Crippen LogP contribution in [0.5, 0.6) is 0 Å². The molecule has 1 atom stereocenters. The minimum absolute atomic E-state index is 0.318. The number of hydrogen-bond acceptors (Lipinski definition) is 4. The summed E-state index contributed by atoms with van der Waals surface area (Å²) in [5.41, 5.74) is 0. The van der Waals surface area contributed by atoms with Crippen molar-refractivity contribution in [1.29, 1.82) is 0 Å². The molecule has 0 heterocycles. The lowest BCUT2D eigenvalue weighted by molar-refractivity contribution is -0.145. The molecule has 5 nitrogen and oxygen atoms in total. The van der Waals surface area contributed by atoms with Gasteiger partial charge in [-0.3, -0.25) is 13.9 Å². The molecule has 0 bridgehead atoms. The predicted octanol–water partition coefficient (Wildman–Crippen LogP) is 0.112. The van der Waals surface area contributed by atoms with Crippen molar-refractivity contribution in [2.75, 3.05) is 0 Å². The van der Waals surface area contributed by atoms with Crippen LogP contribution in [-0.2, 0) is 14.4 Å². The molecule has 0 saturated heterocycles. The first-order valence-electron chi connectivity index (χ1n) is 3.59. The molecule has 0 aliphatic rings. The topological polar surface area (TPSA) is 74.7 Å². The van der Waals surface area contributed by atoms with E-state index < -0.39 is 17.9 Å². The van der Waals surface area contributed by atoms with Gasteiger partial charge in [0.05, 0.1) is 6.42 Å². The highest BCUT2D eigenvalue weighted by Crippen LogP contribution is 2.05. The molecule has 74 valence electrons. The molecule has 1 unspecified atom stereocenters. The minimum Gasteiger partial charge on any atom is -0.480 e. The molecule has 0 spiro atoms. The van der Waals surface area contributed by atoms with Gasteiger partial charge in [0.2, 0.25) is 5.91 Å². The smallest absolute Gasteiger partial charge is 0.327 e. The van der Waals surface area contributed by atoms with E-state index in [2.05, 4.69) is 12.8 Å². The highest BCUT2D eigenvalue weighted by atomic mass is 32.1. The number of carbonyl (C=O) groups excluding carboxylic acids is 2. The van der Waals surface area contributed by atoms with Crippen LogP contribution < -0.4 is 0 Å². The Morgan fingerprint density at radius 1 is 1.46 bits per heavy atom. The number of ketones is 1. The van der Waals surface area contributed by atoms with Crippen molar-refractivity contribution in [3.63, 3.8) is 0 Å². The molecule has 0 aromatic heterocycles. The molecular weight excluding hydrogens is 194 g/mol. The number of carboxylic acids is 1. The Bertz CT molecular complexity index is 241. The van der Waals surface area contributed by atoms with Crippen LogP contribution >= 0.6 is 12.8 Å². The van der Waals surface area contributed by atoms with E-state index in [0.29, 0.717) is 0 Å². The van der Waals surface area contributed by atoms with Crippen molar-refractivity contribution in [1.82, 2.24) is 4.31 Å². The zero-order valence-corrected chi connectivity index (χ0v) is 8.25. The van der Waals surface area contributed by atoms with Crippen LogP contribution in [0.3, 0.4) is 0 Å². The van der Waals surface area contributed by atoms with Gasteiger partial charge in [-0.05, 0) is 13.8 Å². The van der Waals surface area contributed by atoms with E-state index >= 15 is 0 Å². The summed E-state index contributed by atoms with van der Waals surface area (Å²) in [7, 11) is 0. The van der Waals surface area contributed by atoms with Crippen LogP contribution in [0.25, 0.3) is 0 Å². The predicted molar refractivity (Wildman–Crippen MR) is 48.2 cm³/mol. The first-order chi connectivity index (χ1) is 5.86. The first-order valence-corrected chi connectivity index (χ1v) is 3.99. The van der Waals surface area contributed by atoms with E-state index in [-0.39, 0.29) is 12.2 Å². The number of thiol groups is 1. The highest BCUT2D eigenvalue weighted by Gasteiger charge is 2.23. The Kier molecular flexibility index (Phi) is 4.47. The Morgan fingerprint density at radius 2 is 1.92 bits per heavy atom. The van der Waals surface area contributed by atoms with E-state index in [1.54, 1.807) is 0 Å². The molecular formula is C7H11NO4S. The summed E-state index contributed by atoms with van der Waals surface area (Å²) in [6.45, 7) is 2.57. The number of aliphatic carboxylic acids is 1. The van der Waals surface area contributed by atoms with Crippen LogP contribution in [0.4, 0.5) is 0 Å². The Balaban J connectivity index is 4.25. The summed E-state index contributed by atoms with van der Waals surface area (Å²) < 4.78 is 0.740. The second-order valence-corrected chi connectivity index (χ2v) is 3.06. The summed E-state index contributed by atoms with van der Waals surface area (Å²) in [5, 5.41) is 8.51. The molecule has 6 heteroatoms. The third kappa shape index (κ3) is 3.93. The van der Waals surface area contributed by atoms with Gasteiger partial charge in [-0.2, -0.15) is 0 Å². The number of carbonyl (C=O) groups is 3. The van der Waals surface area contributed by atoms with Gasteiger partial charge in [0.25, 0.3) is 0 Å². The summed E-state index contributed by atoms with van der Waals surface area (Å²) in [5.74, 6) is -2.08. The molecule has 0 aliphatic heterocycles. The summed E-state index contributed by atoms with van der Waals surface area (Å²) in [6, 6.07) is -1.03. The second kappa shape index (κ2) is 4.86. The molecule has 1 amide bonds. The normalized spacial score (nSPS) is 11.9. The Morgan fingerprint density at radius 3 is 2.23 bits per heavy atom. The lowest BCUT2D eigenvalue weighted by atomic mass is 10.2. The van der Waals surface area contributed by atoms with E-state index in [9.17, 15) is 14.4 Å². The molecule has 0 aromatic carbocycles. The summed E-state index contributed by atoms with van der Waals surface area (Å²) in [4.78, 5) is 32.0. The van der Waals surface area contributed by atoms with Gasteiger partial charge in [-0.25, -0.2) is 4.79 Å². The number of nitrogens with zero attached hydrogens (tertiary/aromatic N) is 1. The zero-order valence-electron chi connectivity index (χ0n) is 7.35. The minimum atomic E-state index is -1.16. The van der Waals surface area contributed by atoms with Crippen LogP contribution in [0, 0.1) is 0 Å². The van der Waals surface area contributed by atoms with Crippen LogP contribution in [0.1, 0.15) is 20.3 Å². The van der Waals surface area contributed by atoms with Gasteiger partial charge < -0.3 is 5.11 Å². The third-order valence-electron chi connectivity index (χ3n) is 1.38. The van der Waals surface area contributed by atoms with Gasteiger partial charge >= 0.3 is 5.97 Å². The maximum atomic E-state index is 11.1. The van der Waals surface area contributed by atoms with Gasteiger partial charge in [-0.1, -0.05) is 12.8 Å². The van der Waals surface area contributed by atoms with E-state index in [0.717, 1.165) is 4.31 Å². The second-order valence-electron chi connectivity index (χ2n) is 2.63.